The highest BCUT2D eigenvalue weighted by atomic mass is 16.5. The lowest BCUT2D eigenvalue weighted by Crippen LogP contribution is -2.34. The largest absolute Gasteiger partial charge is 0.506 e. The molecule has 0 aliphatic carbocycles. The highest BCUT2D eigenvalue weighted by Gasteiger charge is 2.13. The standard InChI is InChI=1S/C13H19N3O3/c17-11-7-10(8-15-9-11)13(18)16-5-6-19-12-1-3-14-4-2-12/h7-9,12,14,17H,1-6H2,(H,16,18). The number of carbonyl (C=O) groups excluding carboxylic acids is 1. The SMILES string of the molecule is O=C(NCCOC1CCNCC1)c1cncc(O)c1. The van der Waals surface area contributed by atoms with Gasteiger partial charge in [0.15, 0.2) is 0 Å². The minimum absolute atomic E-state index is 0.0152. The van der Waals surface area contributed by atoms with Crippen LogP contribution in [-0.4, -0.2) is 48.3 Å². The van der Waals surface area contributed by atoms with Crippen molar-refractivity contribution in [2.24, 2.45) is 0 Å². The number of aromatic hydroxyl groups is 1. The van der Waals surface area contributed by atoms with Gasteiger partial charge in [0, 0.05) is 12.7 Å². The Hall–Kier alpha value is -1.66. The molecule has 1 amide bonds. The summed E-state index contributed by atoms with van der Waals surface area (Å²) in [6.45, 7) is 2.94. The second kappa shape index (κ2) is 7.06. The Morgan fingerprint density at radius 2 is 2.26 bits per heavy atom. The molecule has 0 radical (unpaired) electrons. The van der Waals surface area contributed by atoms with Crippen LogP contribution in [0.15, 0.2) is 18.5 Å². The summed E-state index contributed by atoms with van der Waals surface area (Å²) in [5.74, 6) is -0.268. The third-order valence-electron chi connectivity index (χ3n) is 3.01. The molecular formula is C13H19N3O3. The number of piperidine rings is 1. The normalized spacial score (nSPS) is 16.2. The molecule has 1 aliphatic rings. The van der Waals surface area contributed by atoms with Crippen LogP contribution in [-0.2, 0) is 4.74 Å². The fraction of sp³-hybridized carbons (Fsp3) is 0.538. The lowest BCUT2D eigenvalue weighted by Gasteiger charge is -2.22. The average molecular weight is 265 g/mol. The Kier molecular flexibility index (Phi) is 5.11. The van der Waals surface area contributed by atoms with Crippen LogP contribution in [0.5, 0.6) is 5.75 Å². The van der Waals surface area contributed by atoms with Crippen LogP contribution in [0.2, 0.25) is 0 Å². The van der Waals surface area contributed by atoms with Crippen molar-refractivity contribution in [3.63, 3.8) is 0 Å². The van der Waals surface area contributed by atoms with E-state index in [9.17, 15) is 9.90 Å². The van der Waals surface area contributed by atoms with Crippen molar-refractivity contribution < 1.29 is 14.6 Å². The first-order chi connectivity index (χ1) is 9.25. The summed E-state index contributed by atoms with van der Waals surface area (Å²) in [5, 5.41) is 15.2. The van der Waals surface area contributed by atoms with E-state index < -0.39 is 0 Å². The number of ether oxygens (including phenoxy) is 1. The highest BCUT2D eigenvalue weighted by molar-refractivity contribution is 5.94. The Bertz CT molecular complexity index is 419. The fourth-order valence-electron chi connectivity index (χ4n) is 2.01. The molecule has 6 nitrogen and oxygen atoms in total. The van der Waals surface area contributed by atoms with E-state index in [2.05, 4.69) is 15.6 Å². The monoisotopic (exact) mass is 265 g/mol. The average Bonchev–Trinajstić information content (AvgIpc) is 2.44. The van der Waals surface area contributed by atoms with Crippen LogP contribution in [0.25, 0.3) is 0 Å². The number of aromatic nitrogens is 1. The van der Waals surface area contributed by atoms with Crippen LogP contribution in [0.4, 0.5) is 0 Å². The van der Waals surface area contributed by atoms with Crippen molar-refractivity contribution in [3.8, 4) is 5.75 Å². The third kappa shape index (κ3) is 4.50. The summed E-state index contributed by atoms with van der Waals surface area (Å²) in [7, 11) is 0. The number of nitrogens with zero attached hydrogens (tertiary/aromatic N) is 1. The van der Waals surface area contributed by atoms with Gasteiger partial charge >= 0.3 is 0 Å². The van der Waals surface area contributed by atoms with E-state index >= 15 is 0 Å². The highest BCUT2D eigenvalue weighted by Crippen LogP contribution is 2.08. The summed E-state index contributed by atoms with van der Waals surface area (Å²) in [5.41, 5.74) is 0.349. The molecule has 0 unspecified atom stereocenters. The van der Waals surface area contributed by atoms with Crippen LogP contribution >= 0.6 is 0 Å². The summed E-state index contributed by atoms with van der Waals surface area (Å²) in [4.78, 5) is 15.5. The molecule has 1 aromatic heterocycles. The first-order valence-corrected chi connectivity index (χ1v) is 6.50. The van der Waals surface area contributed by atoms with Crippen LogP contribution in [0.3, 0.4) is 0 Å². The smallest absolute Gasteiger partial charge is 0.253 e. The zero-order valence-corrected chi connectivity index (χ0v) is 10.8. The first-order valence-electron chi connectivity index (χ1n) is 6.50. The molecule has 19 heavy (non-hydrogen) atoms. The van der Waals surface area contributed by atoms with Gasteiger partial charge in [-0.3, -0.25) is 9.78 Å². The molecule has 0 aromatic carbocycles. The molecule has 6 heteroatoms. The molecule has 1 aromatic rings. The topological polar surface area (TPSA) is 83.5 Å². The number of hydrogen-bond donors (Lipinski definition) is 3. The van der Waals surface area contributed by atoms with Gasteiger partial charge in [0.2, 0.25) is 0 Å². The van der Waals surface area contributed by atoms with Crippen LogP contribution in [0, 0.1) is 0 Å². The van der Waals surface area contributed by atoms with Gasteiger partial charge in [-0.1, -0.05) is 0 Å². The molecule has 0 bridgehead atoms. The molecule has 0 atom stereocenters. The van der Waals surface area contributed by atoms with E-state index in [1.54, 1.807) is 0 Å². The molecule has 104 valence electrons. The number of amides is 1. The summed E-state index contributed by atoms with van der Waals surface area (Å²) in [6, 6.07) is 1.38. The Balaban J connectivity index is 1.66. The molecule has 1 aliphatic heterocycles. The molecule has 0 saturated carbocycles. The van der Waals surface area contributed by atoms with Crippen molar-refractivity contribution in [1.29, 1.82) is 0 Å². The lowest BCUT2D eigenvalue weighted by molar-refractivity contribution is 0.0343. The fourth-order valence-corrected chi connectivity index (χ4v) is 2.01. The Morgan fingerprint density at radius 1 is 1.47 bits per heavy atom. The van der Waals surface area contributed by atoms with Gasteiger partial charge in [0.25, 0.3) is 5.91 Å². The van der Waals surface area contributed by atoms with E-state index in [1.807, 2.05) is 0 Å². The quantitative estimate of drug-likeness (QED) is 0.666. The van der Waals surface area contributed by atoms with Gasteiger partial charge in [-0.15, -0.1) is 0 Å². The van der Waals surface area contributed by atoms with E-state index in [0.717, 1.165) is 25.9 Å². The molecule has 2 rings (SSSR count). The van der Waals surface area contributed by atoms with Crippen molar-refractivity contribution >= 4 is 5.91 Å². The molecular weight excluding hydrogens is 246 g/mol. The van der Waals surface area contributed by atoms with Gasteiger partial charge in [-0.25, -0.2) is 0 Å². The van der Waals surface area contributed by atoms with Gasteiger partial charge < -0.3 is 20.5 Å². The molecule has 2 heterocycles. The third-order valence-corrected chi connectivity index (χ3v) is 3.01. The maximum Gasteiger partial charge on any atom is 0.253 e. The number of pyridine rings is 1. The number of nitrogens with one attached hydrogen (secondary N) is 2. The van der Waals surface area contributed by atoms with Crippen molar-refractivity contribution in [2.45, 2.75) is 18.9 Å². The van der Waals surface area contributed by atoms with Gasteiger partial charge in [0.1, 0.15) is 5.75 Å². The summed E-state index contributed by atoms with van der Waals surface area (Å²) in [6.07, 6.45) is 5.04. The molecule has 3 N–H and O–H groups in total. The second-order valence-electron chi connectivity index (χ2n) is 4.51. The number of carbonyl (C=O) groups is 1. The number of rotatable bonds is 5. The minimum Gasteiger partial charge on any atom is -0.506 e. The van der Waals surface area contributed by atoms with Crippen molar-refractivity contribution in [3.05, 3.63) is 24.0 Å². The van der Waals surface area contributed by atoms with Crippen molar-refractivity contribution in [2.75, 3.05) is 26.2 Å². The Morgan fingerprint density at radius 3 is 3.00 bits per heavy atom. The van der Waals surface area contributed by atoms with Gasteiger partial charge in [-0.2, -0.15) is 0 Å². The number of hydrogen-bond acceptors (Lipinski definition) is 5. The zero-order valence-electron chi connectivity index (χ0n) is 10.8. The van der Waals surface area contributed by atoms with Crippen LogP contribution < -0.4 is 10.6 Å². The lowest BCUT2D eigenvalue weighted by atomic mass is 10.1. The van der Waals surface area contributed by atoms with Gasteiger partial charge in [-0.05, 0) is 32.0 Å². The predicted octanol–water partition coefficient (Wildman–Crippen LogP) is 0.286. The van der Waals surface area contributed by atoms with E-state index in [1.165, 1.54) is 18.5 Å². The molecule has 1 saturated heterocycles. The minimum atomic E-state index is -0.252. The van der Waals surface area contributed by atoms with Crippen LogP contribution in [0.1, 0.15) is 23.2 Å². The summed E-state index contributed by atoms with van der Waals surface area (Å²) < 4.78 is 5.67. The second-order valence-corrected chi connectivity index (χ2v) is 4.51. The van der Waals surface area contributed by atoms with Crippen molar-refractivity contribution in [1.82, 2.24) is 15.6 Å². The maximum atomic E-state index is 11.7. The van der Waals surface area contributed by atoms with E-state index in [-0.39, 0.29) is 11.7 Å². The van der Waals surface area contributed by atoms with E-state index in [4.69, 9.17) is 4.74 Å². The maximum absolute atomic E-state index is 11.7. The molecule has 1 fully saturated rings. The summed E-state index contributed by atoms with van der Waals surface area (Å²) >= 11 is 0. The zero-order chi connectivity index (χ0) is 13.5. The predicted molar refractivity (Wildman–Crippen MR) is 70.1 cm³/mol. The first kappa shape index (κ1) is 13.8. The Labute approximate surface area is 112 Å². The molecule has 0 spiro atoms. The van der Waals surface area contributed by atoms with E-state index in [0.29, 0.717) is 24.8 Å². The van der Waals surface area contributed by atoms with Gasteiger partial charge in [0.05, 0.1) is 24.5 Å².